The molecule has 1 aliphatic carbocycles. The first-order valence-corrected chi connectivity index (χ1v) is 9.55. The highest BCUT2D eigenvalue weighted by Crippen LogP contribution is 2.44. The van der Waals surface area contributed by atoms with Crippen LogP contribution >= 0.6 is 34.8 Å². The number of nitrogens with two attached hydrogens (primary N) is 1. The van der Waals surface area contributed by atoms with Crippen molar-refractivity contribution in [3.8, 4) is 5.75 Å². The number of fused-ring (bicyclic) bond motifs is 1. The number of hydrogen-bond acceptors (Lipinski definition) is 3. The Labute approximate surface area is 166 Å². The predicted octanol–water partition coefficient (Wildman–Crippen LogP) is 4.50. The van der Waals surface area contributed by atoms with Crippen molar-refractivity contribution in [3.63, 3.8) is 0 Å². The van der Waals surface area contributed by atoms with Gasteiger partial charge in [-0.25, -0.2) is 0 Å². The molecule has 2 aliphatic rings. The molecule has 4 nitrogen and oxygen atoms in total. The van der Waals surface area contributed by atoms with Crippen molar-refractivity contribution in [1.29, 1.82) is 0 Å². The second-order valence-corrected chi connectivity index (χ2v) is 7.94. The minimum absolute atomic E-state index is 0.145. The quantitative estimate of drug-likeness (QED) is 0.806. The van der Waals surface area contributed by atoms with Gasteiger partial charge in [0.2, 0.25) is 0 Å². The van der Waals surface area contributed by atoms with Gasteiger partial charge in [0.1, 0.15) is 11.9 Å². The van der Waals surface area contributed by atoms with E-state index in [2.05, 4.69) is 4.90 Å². The van der Waals surface area contributed by atoms with E-state index in [1.54, 1.807) is 18.2 Å². The number of rotatable bonds is 4. The molecule has 1 aliphatic heterocycles. The van der Waals surface area contributed by atoms with Gasteiger partial charge in [0.05, 0.1) is 11.6 Å². The SMILES string of the molecule is NC(=O)c1cc(Cl)ccc1O[C@H]1c2cc(Cl)cc(Cl)c2C[C@@H]1N1CCC1. The average Bonchev–Trinajstić information content (AvgIpc) is 2.86. The summed E-state index contributed by atoms with van der Waals surface area (Å²) < 4.78 is 6.31. The summed E-state index contributed by atoms with van der Waals surface area (Å²) >= 11 is 18.7. The first kappa shape index (κ1) is 17.9. The Bertz CT molecular complexity index is 883. The molecule has 1 fully saturated rings. The van der Waals surface area contributed by atoms with Gasteiger partial charge in [0, 0.05) is 20.6 Å². The summed E-state index contributed by atoms with van der Waals surface area (Å²) in [6.45, 7) is 2.04. The predicted molar refractivity (Wildman–Crippen MR) is 103 cm³/mol. The molecular weight excluding hydrogens is 395 g/mol. The van der Waals surface area contributed by atoms with E-state index in [0.29, 0.717) is 20.8 Å². The Morgan fingerprint density at radius 3 is 2.54 bits per heavy atom. The van der Waals surface area contributed by atoms with Gasteiger partial charge in [-0.05, 0) is 61.8 Å². The first-order valence-electron chi connectivity index (χ1n) is 8.42. The van der Waals surface area contributed by atoms with E-state index in [0.717, 1.165) is 30.6 Å². The van der Waals surface area contributed by atoms with Gasteiger partial charge in [-0.2, -0.15) is 0 Å². The van der Waals surface area contributed by atoms with E-state index in [-0.39, 0.29) is 17.7 Å². The van der Waals surface area contributed by atoms with Crippen LogP contribution < -0.4 is 10.5 Å². The van der Waals surface area contributed by atoms with Crippen LogP contribution in [0.25, 0.3) is 0 Å². The Morgan fingerprint density at radius 1 is 1.12 bits per heavy atom. The molecule has 136 valence electrons. The number of nitrogens with zero attached hydrogens (tertiary/aromatic N) is 1. The summed E-state index contributed by atoms with van der Waals surface area (Å²) in [5.41, 5.74) is 7.78. The van der Waals surface area contributed by atoms with Gasteiger partial charge in [-0.1, -0.05) is 34.8 Å². The number of carbonyl (C=O) groups excluding carboxylic acids is 1. The molecule has 0 saturated carbocycles. The van der Waals surface area contributed by atoms with Crippen LogP contribution in [-0.2, 0) is 6.42 Å². The summed E-state index contributed by atoms with van der Waals surface area (Å²) in [6, 6.07) is 8.69. The number of ether oxygens (including phenoxy) is 1. The monoisotopic (exact) mass is 410 g/mol. The Balaban J connectivity index is 1.75. The van der Waals surface area contributed by atoms with E-state index in [4.69, 9.17) is 45.3 Å². The Hall–Kier alpha value is -1.46. The number of likely N-dealkylation sites (tertiary alicyclic amines) is 1. The minimum atomic E-state index is -0.578. The summed E-state index contributed by atoms with van der Waals surface area (Å²) in [5.74, 6) is -0.160. The molecule has 1 saturated heterocycles. The second kappa shape index (κ2) is 6.93. The normalized spacial score (nSPS) is 22.0. The lowest BCUT2D eigenvalue weighted by molar-refractivity contribution is 0.0381. The van der Waals surface area contributed by atoms with Crippen molar-refractivity contribution in [2.24, 2.45) is 5.73 Å². The highest BCUT2D eigenvalue weighted by Gasteiger charge is 2.41. The van der Waals surface area contributed by atoms with E-state index in [9.17, 15) is 4.79 Å². The molecule has 0 unspecified atom stereocenters. The molecule has 0 aromatic heterocycles. The lowest BCUT2D eigenvalue weighted by atomic mass is 10.0. The van der Waals surface area contributed by atoms with Crippen molar-refractivity contribution >= 4 is 40.7 Å². The number of hydrogen-bond donors (Lipinski definition) is 1. The van der Waals surface area contributed by atoms with Crippen LogP contribution in [0.4, 0.5) is 0 Å². The van der Waals surface area contributed by atoms with Crippen molar-refractivity contribution < 1.29 is 9.53 Å². The van der Waals surface area contributed by atoms with Gasteiger partial charge in [-0.3, -0.25) is 9.69 Å². The third kappa shape index (κ3) is 3.16. The van der Waals surface area contributed by atoms with Crippen molar-refractivity contribution in [3.05, 3.63) is 62.1 Å². The van der Waals surface area contributed by atoms with Crippen LogP contribution in [0.2, 0.25) is 15.1 Å². The molecule has 2 aromatic rings. The fraction of sp³-hybridized carbons (Fsp3) is 0.316. The molecule has 4 rings (SSSR count). The third-order valence-electron chi connectivity index (χ3n) is 5.08. The fourth-order valence-corrected chi connectivity index (χ4v) is 4.44. The summed E-state index contributed by atoms with van der Waals surface area (Å²) in [6.07, 6.45) is 1.68. The lowest BCUT2D eigenvalue weighted by Crippen LogP contribution is -2.48. The van der Waals surface area contributed by atoms with E-state index >= 15 is 0 Å². The molecule has 0 spiro atoms. The van der Waals surface area contributed by atoms with E-state index in [1.165, 1.54) is 12.5 Å². The highest BCUT2D eigenvalue weighted by atomic mass is 35.5. The third-order valence-corrected chi connectivity index (χ3v) is 5.88. The maximum atomic E-state index is 11.8. The zero-order valence-corrected chi connectivity index (χ0v) is 16.1. The maximum Gasteiger partial charge on any atom is 0.252 e. The van der Waals surface area contributed by atoms with Crippen molar-refractivity contribution in [2.45, 2.75) is 25.0 Å². The van der Waals surface area contributed by atoms with Gasteiger partial charge in [-0.15, -0.1) is 0 Å². The zero-order valence-electron chi connectivity index (χ0n) is 13.8. The number of halogens is 3. The van der Waals surface area contributed by atoms with Gasteiger partial charge < -0.3 is 10.5 Å². The zero-order chi connectivity index (χ0) is 18.4. The van der Waals surface area contributed by atoms with Gasteiger partial charge >= 0.3 is 0 Å². The molecule has 7 heteroatoms. The molecular formula is C19H17Cl3N2O2. The van der Waals surface area contributed by atoms with Crippen LogP contribution in [0.1, 0.15) is 34.0 Å². The largest absolute Gasteiger partial charge is 0.483 e. The topological polar surface area (TPSA) is 55.6 Å². The van der Waals surface area contributed by atoms with Crippen molar-refractivity contribution in [1.82, 2.24) is 4.90 Å². The summed E-state index contributed by atoms with van der Waals surface area (Å²) in [5, 5.41) is 1.65. The molecule has 26 heavy (non-hydrogen) atoms. The number of carbonyl (C=O) groups is 1. The van der Waals surface area contributed by atoms with Gasteiger partial charge in [0.15, 0.2) is 0 Å². The van der Waals surface area contributed by atoms with Crippen LogP contribution in [-0.4, -0.2) is 29.9 Å². The fourth-order valence-electron chi connectivity index (χ4n) is 3.69. The smallest absolute Gasteiger partial charge is 0.252 e. The first-order chi connectivity index (χ1) is 12.4. The Kier molecular flexibility index (Phi) is 4.78. The standard InChI is InChI=1S/C19H17Cl3N2O2/c20-10-2-3-17(14(6-10)19(23)25)26-18-13-7-11(21)8-15(22)12(13)9-16(18)24-4-1-5-24/h2-3,6-8,16,18H,1,4-5,9H2,(H2,23,25)/t16-,18-/m0/s1. The second-order valence-electron chi connectivity index (χ2n) is 6.66. The van der Waals surface area contributed by atoms with Crippen LogP contribution in [0, 0.1) is 0 Å². The molecule has 2 aromatic carbocycles. The maximum absolute atomic E-state index is 11.8. The molecule has 0 bridgehead atoms. The van der Waals surface area contributed by atoms with Gasteiger partial charge in [0.25, 0.3) is 5.91 Å². The van der Waals surface area contributed by atoms with E-state index in [1.807, 2.05) is 6.07 Å². The summed E-state index contributed by atoms with van der Waals surface area (Å²) in [7, 11) is 0. The molecule has 2 N–H and O–H groups in total. The minimum Gasteiger partial charge on any atom is -0.483 e. The summed E-state index contributed by atoms with van der Waals surface area (Å²) in [4.78, 5) is 14.2. The Morgan fingerprint density at radius 2 is 1.88 bits per heavy atom. The number of amides is 1. The molecule has 1 heterocycles. The van der Waals surface area contributed by atoms with Crippen LogP contribution in [0.15, 0.2) is 30.3 Å². The molecule has 2 atom stereocenters. The molecule has 0 radical (unpaired) electrons. The van der Waals surface area contributed by atoms with Crippen LogP contribution in [0.5, 0.6) is 5.75 Å². The number of benzene rings is 2. The van der Waals surface area contributed by atoms with Crippen molar-refractivity contribution in [2.75, 3.05) is 13.1 Å². The average molecular weight is 412 g/mol. The number of primary amides is 1. The lowest BCUT2D eigenvalue weighted by Gasteiger charge is -2.39. The highest BCUT2D eigenvalue weighted by molar-refractivity contribution is 6.35. The molecule has 1 amide bonds. The van der Waals surface area contributed by atoms with Crippen LogP contribution in [0.3, 0.4) is 0 Å². The van der Waals surface area contributed by atoms with E-state index < -0.39 is 5.91 Å².